The number of benzene rings is 4. The highest BCUT2D eigenvalue weighted by atomic mass is 35.5. The predicted octanol–water partition coefficient (Wildman–Crippen LogP) is 7.34. The van der Waals surface area contributed by atoms with Crippen molar-refractivity contribution in [3.63, 3.8) is 0 Å². The average molecular weight is 769 g/mol. The summed E-state index contributed by atoms with van der Waals surface area (Å²) in [4.78, 5) is 26.8. The zero-order valence-corrected chi connectivity index (χ0v) is 30.6. The van der Waals surface area contributed by atoms with Gasteiger partial charge in [-0.2, -0.15) is 0 Å². The van der Waals surface area contributed by atoms with Gasteiger partial charge in [0.15, 0.2) is 5.82 Å². The SMILES string of the molecule is Cc1cc(C)nc(NS(=O)(=O)c2ccc(Nc3c4ccccc4nc4c(C(=O)Nc5ccc(S(=O)(=O)Nc6cc(C)on6)cc5)ccc(Cl)c34)cc2)n1. The number of pyridine rings is 1. The molecule has 0 spiro atoms. The molecule has 0 saturated heterocycles. The zero-order valence-electron chi connectivity index (χ0n) is 28.2. The molecule has 3 heterocycles. The Morgan fingerprint density at radius 1 is 0.717 bits per heavy atom. The van der Waals surface area contributed by atoms with Crippen LogP contribution in [0.15, 0.2) is 111 Å². The number of amides is 1. The Balaban J connectivity index is 1.18. The highest BCUT2D eigenvalue weighted by Crippen LogP contribution is 2.39. The molecule has 0 unspecified atom stereocenters. The van der Waals surface area contributed by atoms with E-state index in [1.54, 1.807) is 57.2 Å². The molecule has 0 atom stereocenters. The normalized spacial score (nSPS) is 11.8. The van der Waals surface area contributed by atoms with Crippen LogP contribution in [-0.2, 0) is 20.0 Å². The van der Waals surface area contributed by atoms with Crippen LogP contribution in [0, 0.1) is 20.8 Å². The summed E-state index contributed by atoms with van der Waals surface area (Å²) in [6, 6.07) is 25.4. The van der Waals surface area contributed by atoms with Crippen LogP contribution in [0.1, 0.15) is 27.5 Å². The Hall–Kier alpha value is -6.10. The molecule has 0 bridgehead atoms. The van der Waals surface area contributed by atoms with E-state index in [-0.39, 0.29) is 27.1 Å². The van der Waals surface area contributed by atoms with Crippen LogP contribution in [-0.4, -0.2) is 42.9 Å². The number of carbonyl (C=O) groups excluding carboxylic acids is 1. The van der Waals surface area contributed by atoms with E-state index in [9.17, 15) is 21.6 Å². The third-order valence-corrected chi connectivity index (χ3v) is 11.0. The van der Waals surface area contributed by atoms with Gasteiger partial charge in [-0.05, 0) is 93.6 Å². The summed E-state index contributed by atoms with van der Waals surface area (Å²) in [5.41, 5.74) is 3.76. The van der Waals surface area contributed by atoms with Gasteiger partial charge in [0.2, 0.25) is 5.95 Å². The Morgan fingerprint density at radius 2 is 1.34 bits per heavy atom. The number of aromatic nitrogens is 4. The standard InChI is InChI=1S/C36H29ClN8O6S2/c1-20-18-21(2)39-36(38-20)45-53(49,50)26-12-8-23(9-13-26)40-33-27-6-4-5-7-30(27)42-34-28(16-17-29(37)32(33)34)35(46)41-24-10-14-25(15-11-24)52(47,48)44-31-19-22(3)51-43-31/h4-19H,1-3H3,(H,40,42)(H,41,46)(H,43,44)(H,38,39,45). The number of hydrogen-bond acceptors (Lipinski definition) is 11. The molecule has 0 fully saturated rings. The molecule has 0 aliphatic heterocycles. The summed E-state index contributed by atoms with van der Waals surface area (Å²) in [6.45, 7) is 5.14. The number of nitrogens with zero attached hydrogens (tertiary/aromatic N) is 4. The first-order chi connectivity index (χ1) is 25.3. The van der Waals surface area contributed by atoms with Crippen molar-refractivity contribution in [3.8, 4) is 0 Å². The number of fused-ring (bicyclic) bond motifs is 2. The number of nitrogens with one attached hydrogen (secondary N) is 4. The molecule has 3 aromatic heterocycles. The van der Waals surface area contributed by atoms with Crippen molar-refractivity contribution >= 4 is 88.2 Å². The number of aryl methyl sites for hydroxylation is 3. The molecular weight excluding hydrogens is 740 g/mol. The van der Waals surface area contributed by atoms with E-state index >= 15 is 0 Å². The number of rotatable bonds is 10. The fourth-order valence-electron chi connectivity index (χ4n) is 5.61. The van der Waals surface area contributed by atoms with Gasteiger partial charge in [-0.3, -0.25) is 9.52 Å². The lowest BCUT2D eigenvalue weighted by Crippen LogP contribution is -2.15. The van der Waals surface area contributed by atoms with E-state index in [1.165, 1.54) is 42.5 Å². The Bertz CT molecular complexity index is 2760. The Morgan fingerprint density at radius 3 is 1.98 bits per heavy atom. The topological polar surface area (TPSA) is 198 Å². The number of para-hydroxylation sites is 1. The van der Waals surface area contributed by atoms with Gasteiger partial charge in [-0.25, -0.2) is 36.5 Å². The first-order valence-electron chi connectivity index (χ1n) is 15.9. The molecule has 0 radical (unpaired) electrons. The van der Waals surface area contributed by atoms with E-state index in [4.69, 9.17) is 21.1 Å². The van der Waals surface area contributed by atoms with Crippen molar-refractivity contribution < 1.29 is 26.2 Å². The zero-order chi connectivity index (χ0) is 37.5. The molecule has 1 amide bonds. The fourth-order valence-corrected chi connectivity index (χ4v) is 7.79. The number of carbonyl (C=O) groups is 1. The summed E-state index contributed by atoms with van der Waals surface area (Å²) in [6.07, 6.45) is 0. The van der Waals surface area contributed by atoms with Gasteiger partial charge in [0.25, 0.3) is 26.0 Å². The molecular formula is C36H29ClN8O6S2. The van der Waals surface area contributed by atoms with Crippen LogP contribution >= 0.6 is 11.6 Å². The lowest BCUT2D eigenvalue weighted by Gasteiger charge is -2.17. The minimum atomic E-state index is -3.99. The monoisotopic (exact) mass is 768 g/mol. The van der Waals surface area contributed by atoms with Gasteiger partial charge < -0.3 is 15.2 Å². The largest absolute Gasteiger partial charge is 0.360 e. The summed E-state index contributed by atoms with van der Waals surface area (Å²) >= 11 is 6.79. The number of halogens is 1. The molecule has 14 nitrogen and oxygen atoms in total. The second-order valence-corrected chi connectivity index (χ2v) is 15.7. The van der Waals surface area contributed by atoms with Gasteiger partial charge in [-0.1, -0.05) is 35.0 Å². The smallest absolute Gasteiger partial charge is 0.264 e. The minimum Gasteiger partial charge on any atom is -0.360 e. The van der Waals surface area contributed by atoms with Crippen LogP contribution in [0.4, 0.5) is 28.8 Å². The van der Waals surface area contributed by atoms with Gasteiger partial charge in [0, 0.05) is 39.6 Å². The van der Waals surface area contributed by atoms with Gasteiger partial charge >= 0.3 is 0 Å². The maximum atomic E-state index is 13.7. The lowest BCUT2D eigenvalue weighted by molar-refractivity contribution is 0.102. The van der Waals surface area contributed by atoms with Gasteiger partial charge in [0.1, 0.15) is 5.76 Å². The molecule has 0 saturated carbocycles. The predicted molar refractivity (Wildman–Crippen MR) is 203 cm³/mol. The number of hydrogen-bond donors (Lipinski definition) is 4. The third kappa shape index (κ3) is 7.46. The van der Waals surface area contributed by atoms with E-state index in [0.29, 0.717) is 61.0 Å². The van der Waals surface area contributed by atoms with Crippen LogP contribution in [0.2, 0.25) is 5.02 Å². The van der Waals surface area contributed by atoms with Crippen molar-refractivity contribution in [1.82, 2.24) is 20.1 Å². The number of anilines is 5. The summed E-state index contributed by atoms with van der Waals surface area (Å²) in [5.74, 6) is -0.0426. The summed E-state index contributed by atoms with van der Waals surface area (Å²) < 4.78 is 61.6. The maximum Gasteiger partial charge on any atom is 0.264 e. The first kappa shape index (κ1) is 35.3. The lowest BCUT2D eigenvalue weighted by atomic mass is 10.0. The Kier molecular flexibility index (Phi) is 9.19. The second-order valence-electron chi connectivity index (χ2n) is 12.0. The van der Waals surface area contributed by atoms with Crippen molar-refractivity contribution in [1.29, 1.82) is 0 Å². The maximum absolute atomic E-state index is 13.7. The van der Waals surface area contributed by atoms with Crippen molar-refractivity contribution in [2.24, 2.45) is 0 Å². The molecule has 0 aliphatic carbocycles. The molecule has 53 heavy (non-hydrogen) atoms. The molecule has 4 aromatic carbocycles. The highest BCUT2D eigenvalue weighted by molar-refractivity contribution is 7.93. The first-order valence-corrected chi connectivity index (χ1v) is 19.2. The minimum absolute atomic E-state index is 0.000749. The van der Waals surface area contributed by atoms with Crippen LogP contribution in [0.3, 0.4) is 0 Å². The van der Waals surface area contributed by atoms with Crippen LogP contribution < -0.4 is 20.1 Å². The van der Waals surface area contributed by atoms with Crippen molar-refractivity contribution in [2.75, 3.05) is 20.1 Å². The summed E-state index contributed by atoms with van der Waals surface area (Å²) in [7, 11) is -7.96. The summed E-state index contributed by atoms with van der Waals surface area (Å²) in [5, 5.41) is 11.3. The van der Waals surface area contributed by atoms with Crippen LogP contribution in [0.25, 0.3) is 21.8 Å². The molecule has 7 rings (SSSR count). The number of sulfonamides is 2. The second kappa shape index (κ2) is 13.8. The molecule has 7 aromatic rings. The van der Waals surface area contributed by atoms with Crippen LogP contribution in [0.5, 0.6) is 0 Å². The quantitative estimate of drug-likeness (QED) is 0.102. The average Bonchev–Trinajstić information content (AvgIpc) is 3.51. The molecule has 17 heteroatoms. The van der Waals surface area contributed by atoms with E-state index in [2.05, 4.69) is 35.2 Å². The van der Waals surface area contributed by atoms with E-state index in [0.717, 1.165) is 0 Å². The Labute approximate surface area is 308 Å². The third-order valence-electron chi connectivity index (χ3n) is 7.96. The fraction of sp³-hybridized carbons (Fsp3) is 0.0833. The van der Waals surface area contributed by atoms with E-state index in [1.807, 2.05) is 18.2 Å². The molecule has 0 aliphatic rings. The van der Waals surface area contributed by atoms with Gasteiger partial charge in [0.05, 0.1) is 37.1 Å². The van der Waals surface area contributed by atoms with Gasteiger partial charge in [-0.15, -0.1) is 0 Å². The van der Waals surface area contributed by atoms with E-state index < -0.39 is 26.0 Å². The van der Waals surface area contributed by atoms with Crippen molar-refractivity contribution in [2.45, 2.75) is 30.6 Å². The van der Waals surface area contributed by atoms with Crippen molar-refractivity contribution in [3.05, 3.63) is 125 Å². The highest BCUT2D eigenvalue weighted by Gasteiger charge is 2.21. The molecule has 268 valence electrons. The molecule has 4 N–H and O–H groups in total.